The topological polar surface area (TPSA) is 39.6 Å². The van der Waals surface area contributed by atoms with Gasteiger partial charge in [-0.15, -0.1) is 0 Å². The van der Waals surface area contributed by atoms with Crippen LogP contribution in [0.25, 0.3) is 15.8 Å². The molecule has 0 aliphatic rings. The van der Waals surface area contributed by atoms with E-state index in [2.05, 4.69) is 43.8 Å². The van der Waals surface area contributed by atoms with Gasteiger partial charge in [-0.05, 0) is 30.4 Å². The van der Waals surface area contributed by atoms with E-state index in [9.17, 15) is 0 Å². The van der Waals surface area contributed by atoms with Crippen molar-refractivity contribution < 1.29 is 9.26 Å². The maximum atomic E-state index is 6.82. The molecule has 0 atom stereocenters. The lowest BCUT2D eigenvalue weighted by molar-refractivity contribution is 0.312. The van der Waals surface area contributed by atoms with Gasteiger partial charge in [-0.1, -0.05) is 39.3 Å². The highest BCUT2D eigenvalue weighted by molar-refractivity contribution is 5.84. The van der Waals surface area contributed by atoms with Crippen molar-refractivity contribution in [3.05, 3.63) is 34.8 Å². The third kappa shape index (κ3) is 4.48. The standard InChI is InChI=1S/C19H26N2O2/c1-6-8-15-17(22-12-7-11-20-5)10-9-14-16(13-19(2,3)4)21-23-18(14)15/h9-10H,6-8,11-13H2,1-4H3. The van der Waals surface area contributed by atoms with Gasteiger partial charge in [0.25, 0.3) is 0 Å². The highest BCUT2D eigenvalue weighted by atomic mass is 16.5. The van der Waals surface area contributed by atoms with Gasteiger partial charge in [0.1, 0.15) is 5.75 Å². The third-order valence-corrected chi connectivity index (χ3v) is 3.65. The summed E-state index contributed by atoms with van der Waals surface area (Å²) in [5.41, 5.74) is 3.14. The van der Waals surface area contributed by atoms with Crippen LogP contribution in [0.3, 0.4) is 0 Å². The maximum Gasteiger partial charge on any atom is 0.217 e. The Kier molecular flexibility index (Phi) is 5.65. The van der Waals surface area contributed by atoms with Crippen LogP contribution in [0.1, 0.15) is 51.8 Å². The molecule has 0 fully saturated rings. The van der Waals surface area contributed by atoms with E-state index in [1.165, 1.54) is 0 Å². The zero-order valence-corrected chi connectivity index (χ0v) is 14.6. The third-order valence-electron chi connectivity index (χ3n) is 3.65. The molecule has 0 spiro atoms. The van der Waals surface area contributed by atoms with Gasteiger partial charge < -0.3 is 14.1 Å². The molecule has 0 saturated heterocycles. The SMILES string of the molecule is [C-]#[N+]CCCOc1ccc2c(CC(C)(C)C)noc2c1CCC. The van der Waals surface area contributed by atoms with Gasteiger partial charge >= 0.3 is 0 Å². The molecular weight excluding hydrogens is 288 g/mol. The van der Waals surface area contributed by atoms with Crippen molar-refractivity contribution in [1.29, 1.82) is 0 Å². The molecule has 1 heterocycles. The fourth-order valence-corrected chi connectivity index (χ4v) is 2.67. The molecule has 124 valence electrons. The molecule has 23 heavy (non-hydrogen) atoms. The van der Waals surface area contributed by atoms with E-state index in [1.807, 2.05) is 6.07 Å². The first-order valence-corrected chi connectivity index (χ1v) is 8.32. The Labute approximate surface area is 138 Å². The second-order valence-electron chi connectivity index (χ2n) is 7.12. The van der Waals surface area contributed by atoms with E-state index in [-0.39, 0.29) is 5.41 Å². The first-order valence-electron chi connectivity index (χ1n) is 8.32. The van der Waals surface area contributed by atoms with Crippen LogP contribution >= 0.6 is 0 Å². The number of benzene rings is 1. The second-order valence-corrected chi connectivity index (χ2v) is 7.12. The Morgan fingerprint density at radius 1 is 1.30 bits per heavy atom. The van der Waals surface area contributed by atoms with E-state index < -0.39 is 0 Å². The number of hydrogen-bond donors (Lipinski definition) is 0. The lowest BCUT2D eigenvalue weighted by Crippen LogP contribution is -2.09. The van der Waals surface area contributed by atoms with Crippen LogP contribution in [0, 0.1) is 12.0 Å². The van der Waals surface area contributed by atoms with Gasteiger partial charge in [0, 0.05) is 10.9 Å². The summed E-state index contributed by atoms with van der Waals surface area (Å²) in [6, 6.07) is 4.07. The average molecular weight is 314 g/mol. The van der Waals surface area contributed by atoms with Crippen LogP contribution in [0.2, 0.25) is 0 Å². The molecule has 2 aromatic rings. The van der Waals surface area contributed by atoms with Crippen molar-refractivity contribution in [1.82, 2.24) is 5.16 Å². The minimum atomic E-state index is 0.170. The normalized spacial score (nSPS) is 11.6. The van der Waals surface area contributed by atoms with Crippen molar-refractivity contribution in [3.63, 3.8) is 0 Å². The first-order chi connectivity index (χ1) is 11.0. The van der Waals surface area contributed by atoms with Crippen LogP contribution in [0.4, 0.5) is 0 Å². The highest BCUT2D eigenvalue weighted by Gasteiger charge is 2.20. The summed E-state index contributed by atoms with van der Waals surface area (Å²) in [6.45, 7) is 16.6. The Morgan fingerprint density at radius 2 is 2.09 bits per heavy atom. The number of rotatable bonds is 7. The summed E-state index contributed by atoms with van der Waals surface area (Å²) in [4.78, 5) is 3.35. The van der Waals surface area contributed by atoms with Crippen LogP contribution in [-0.4, -0.2) is 18.3 Å². The van der Waals surface area contributed by atoms with Gasteiger partial charge in [0.2, 0.25) is 6.54 Å². The Morgan fingerprint density at radius 3 is 2.74 bits per heavy atom. The molecule has 0 bridgehead atoms. The predicted octanol–water partition coefficient (Wildman–Crippen LogP) is 5.06. The Hall–Kier alpha value is -2.02. The van der Waals surface area contributed by atoms with E-state index in [0.29, 0.717) is 13.2 Å². The van der Waals surface area contributed by atoms with Crippen LogP contribution in [0.5, 0.6) is 5.75 Å². The van der Waals surface area contributed by atoms with Gasteiger partial charge in [-0.2, -0.15) is 0 Å². The van der Waals surface area contributed by atoms with Crippen molar-refractivity contribution in [2.75, 3.05) is 13.2 Å². The summed E-state index contributed by atoms with van der Waals surface area (Å²) in [6.07, 6.45) is 3.56. The van der Waals surface area contributed by atoms with Gasteiger partial charge in [-0.25, -0.2) is 6.57 Å². The van der Waals surface area contributed by atoms with E-state index in [0.717, 1.165) is 53.7 Å². The molecule has 0 aliphatic heterocycles. The molecule has 0 unspecified atom stereocenters. The smallest absolute Gasteiger partial charge is 0.217 e. The average Bonchev–Trinajstić information content (AvgIpc) is 2.87. The fraction of sp³-hybridized carbons (Fsp3) is 0.579. The predicted molar refractivity (Wildman–Crippen MR) is 92.7 cm³/mol. The summed E-state index contributed by atoms with van der Waals surface area (Å²) in [5.74, 6) is 0.864. The van der Waals surface area contributed by atoms with Gasteiger partial charge in [0.05, 0.1) is 18.7 Å². The minimum absolute atomic E-state index is 0.170. The summed E-state index contributed by atoms with van der Waals surface area (Å²) >= 11 is 0. The van der Waals surface area contributed by atoms with Crippen molar-refractivity contribution in [2.45, 2.75) is 53.4 Å². The maximum absolute atomic E-state index is 6.82. The lowest BCUT2D eigenvalue weighted by atomic mass is 9.89. The number of ether oxygens (including phenoxy) is 1. The van der Waals surface area contributed by atoms with E-state index in [1.54, 1.807) is 0 Å². The largest absolute Gasteiger partial charge is 0.493 e. The van der Waals surface area contributed by atoms with E-state index in [4.69, 9.17) is 15.8 Å². The summed E-state index contributed by atoms with van der Waals surface area (Å²) in [5, 5.41) is 5.40. The summed E-state index contributed by atoms with van der Waals surface area (Å²) < 4.78 is 11.5. The minimum Gasteiger partial charge on any atom is -0.493 e. The number of fused-ring (bicyclic) bond motifs is 1. The van der Waals surface area contributed by atoms with Crippen LogP contribution < -0.4 is 4.74 Å². The van der Waals surface area contributed by atoms with Crippen LogP contribution in [0.15, 0.2) is 16.7 Å². The van der Waals surface area contributed by atoms with Gasteiger partial charge in [-0.3, -0.25) is 0 Å². The quantitative estimate of drug-likeness (QED) is 0.530. The lowest BCUT2D eigenvalue weighted by Gasteiger charge is -2.16. The molecule has 0 amide bonds. The summed E-state index contributed by atoms with van der Waals surface area (Å²) in [7, 11) is 0. The number of hydrogen-bond acceptors (Lipinski definition) is 3. The number of aromatic nitrogens is 1. The molecule has 4 heteroatoms. The fourth-order valence-electron chi connectivity index (χ4n) is 2.67. The zero-order valence-electron chi connectivity index (χ0n) is 14.6. The molecule has 0 saturated carbocycles. The molecular formula is C19H26N2O2. The zero-order chi connectivity index (χ0) is 16.9. The van der Waals surface area contributed by atoms with Crippen molar-refractivity contribution in [3.8, 4) is 5.75 Å². The van der Waals surface area contributed by atoms with Gasteiger partial charge in [0.15, 0.2) is 5.58 Å². The van der Waals surface area contributed by atoms with Crippen LogP contribution in [-0.2, 0) is 12.8 Å². The van der Waals surface area contributed by atoms with Crippen molar-refractivity contribution >= 4 is 11.0 Å². The molecule has 0 radical (unpaired) electrons. The number of nitrogens with zero attached hydrogens (tertiary/aromatic N) is 2. The highest BCUT2D eigenvalue weighted by Crippen LogP contribution is 2.33. The molecule has 4 nitrogen and oxygen atoms in total. The Balaban J connectivity index is 2.32. The van der Waals surface area contributed by atoms with E-state index >= 15 is 0 Å². The monoisotopic (exact) mass is 314 g/mol. The Bertz CT molecular complexity index is 690. The molecule has 0 N–H and O–H groups in total. The molecule has 2 rings (SSSR count). The molecule has 1 aromatic heterocycles. The first kappa shape index (κ1) is 17.3. The van der Waals surface area contributed by atoms with Crippen molar-refractivity contribution in [2.24, 2.45) is 5.41 Å². The molecule has 1 aromatic carbocycles. The molecule has 0 aliphatic carbocycles. The number of aryl methyl sites for hydroxylation is 1. The second kappa shape index (κ2) is 7.50.